The molecule has 4 rings (SSSR count). The van der Waals surface area contributed by atoms with Gasteiger partial charge in [-0.25, -0.2) is 0 Å². The van der Waals surface area contributed by atoms with Gasteiger partial charge in [-0.3, -0.25) is 9.59 Å². The molecule has 3 saturated heterocycles. The number of hydrogen-bond donors (Lipinski definition) is 0. The van der Waals surface area contributed by atoms with E-state index in [2.05, 4.69) is 20.8 Å². The molecule has 0 N–H and O–H groups in total. The molecule has 0 radical (unpaired) electrons. The topological polar surface area (TPSA) is 164 Å². The van der Waals surface area contributed by atoms with Crippen LogP contribution in [0.4, 0.5) is 0 Å². The minimum Gasteiger partial charge on any atom is -0.550 e. The second kappa shape index (κ2) is 54.7. The molecule has 0 bridgehead atoms. The Morgan fingerprint density at radius 3 is 0.705 bits per heavy atom. The first kappa shape index (κ1) is 75.2. The van der Waals surface area contributed by atoms with Gasteiger partial charge in [-0.05, 0) is 38.5 Å². The maximum atomic E-state index is 12.4. The number of aliphatic carboxylic acids is 3. The number of rotatable bonds is 51. The summed E-state index contributed by atoms with van der Waals surface area (Å²) in [7, 11) is 0. The van der Waals surface area contributed by atoms with Crippen LogP contribution in [0.15, 0.2) is 23.2 Å². The van der Waals surface area contributed by atoms with Gasteiger partial charge >= 0.3 is 17.4 Å². The van der Waals surface area contributed by atoms with Gasteiger partial charge in [0, 0.05) is 63.3 Å². The van der Waals surface area contributed by atoms with Gasteiger partial charge in [-0.1, -0.05) is 290 Å². The van der Waals surface area contributed by atoms with Crippen molar-refractivity contribution in [2.75, 3.05) is 39.3 Å². The van der Waals surface area contributed by atoms with E-state index in [0.717, 1.165) is 77.8 Å². The van der Waals surface area contributed by atoms with E-state index in [9.17, 15) is 39.3 Å². The standard InChI is InChI=1S/3C18H36O2.C12H13N3O2.Al/c3*1-2-3-4-5-6-7-8-9-10-11-12-13-14-15-16-17-18(19)20;16-9-7-8(13-1-2-13)12(17)11(15-5-6-15)10(9)14-3-4-14;/h3*2-17H2,1H3,(H,19,20);7H,1-6H2;/q;;;;+3/p-3. The van der Waals surface area contributed by atoms with Gasteiger partial charge in [-0.2, -0.15) is 0 Å². The van der Waals surface area contributed by atoms with E-state index < -0.39 is 17.9 Å². The largest absolute Gasteiger partial charge is 3.00 e. The molecule has 3 fully saturated rings. The van der Waals surface area contributed by atoms with E-state index in [1.165, 1.54) is 256 Å². The molecule has 3 heterocycles. The van der Waals surface area contributed by atoms with E-state index >= 15 is 0 Å². The number of carboxylic acids is 3. The molecule has 0 unspecified atom stereocenters. The number of ketones is 2. The fourth-order valence-electron chi connectivity index (χ4n) is 10.2. The van der Waals surface area contributed by atoms with Gasteiger partial charge in [0.25, 0.3) is 0 Å². The van der Waals surface area contributed by atoms with Gasteiger partial charge in [0.1, 0.15) is 11.4 Å². The molecular weight excluding hydrogens is 990 g/mol. The average Bonchev–Trinajstić information content (AvgIpc) is 4.24. The summed E-state index contributed by atoms with van der Waals surface area (Å²) in [5.74, 6) is -2.66. The Morgan fingerprint density at radius 2 is 0.513 bits per heavy atom. The number of carboxylic acid groups (broad SMARTS) is 3. The molecule has 0 amide bonds. The van der Waals surface area contributed by atoms with Crippen LogP contribution in [0.25, 0.3) is 0 Å². The van der Waals surface area contributed by atoms with E-state index in [-0.39, 0.29) is 48.2 Å². The summed E-state index contributed by atoms with van der Waals surface area (Å²) in [4.78, 5) is 61.1. The zero-order chi connectivity index (χ0) is 56.2. The van der Waals surface area contributed by atoms with Crippen molar-refractivity contribution in [3.63, 3.8) is 0 Å². The van der Waals surface area contributed by atoms with Crippen molar-refractivity contribution < 1.29 is 39.3 Å². The van der Waals surface area contributed by atoms with Crippen LogP contribution in [0.3, 0.4) is 0 Å². The van der Waals surface area contributed by atoms with Gasteiger partial charge in [0.05, 0.1) is 5.70 Å². The quantitative estimate of drug-likeness (QED) is 0.0246. The van der Waals surface area contributed by atoms with Crippen LogP contribution in [0, 0.1) is 0 Å². The van der Waals surface area contributed by atoms with Crippen molar-refractivity contribution in [2.24, 2.45) is 0 Å². The molecular formula is C66H118AlN3O8. The Labute approximate surface area is 489 Å². The number of nitrogens with zero attached hydrogens (tertiary/aromatic N) is 3. The Balaban J connectivity index is 0.00000101. The Morgan fingerprint density at radius 1 is 0.321 bits per heavy atom. The van der Waals surface area contributed by atoms with Crippen LogP contribution in [-0.4, -0.2) is 101 Å². The van der Waals surface area contributed by atoms with E-state index in [1.54, 1.807) is 0 Å². The third kappa shape index (κ3) is 47.9. The maximum Gasteiger partial charge on any atom is 3.00 e. The number of unbranched alkanes of at least 4 members (excludes halogenated alkanes) is 42. The SMILES string of the molecule is CCCCCCCCCCCCCCCCCC(=O)[O-].CCCCCCCCCCCCCCCCCC(=O)[O-].CCCCCCCCCCCCCCCCCC(=O)[O-].O=C1C=C(N2CC2)C(=O)C(N2CC2)=C1N1CC1.[Al+3]. The monoisotopic (exact) mass is 1110 g/mol. The van der Waals surface area contributed by atoms with E-state index in [0.29, 0.717) is 17.1 Å². The summed E-state index contributed by atoms with van der Waals surface area (Å²) in [6, 6.07) is 0. The molecule has 78 heavy (non-hydrogen) atoms. The van der Waals surface area contributed by atoms with Crippen molar-refractivity contribution in [1.82, 2.24) is 14.7 Å². The van der Waals surface area contributed by atoms with Gasteiger partial charge in [0.15, 0.2) is 0 Å². The number of carbonyl (C=O) groups is 5. The number of carbonyl (C=O) groups excluding carboxylic acids is 5. The zero-order valence-corrected chi connectivity index (χ0v) is 52.1. The van der Waals surface area contributed by atoms with Crippen molar-refractivity contribution in [1.29, 1.82) is 0 Å². The molecule has 0 atom stereocenters. The molecule has 0 saturated carbocycles. The molecule has 0 aromatic carbocycles. The van der Waals surface area contributed by atoms with Crippen LogP contribution in [-0.2, 0) is 24.0 Å². The fraction of sp³-hybridized carbons (Fsp3) is 0.864. The van der Waals surface area contributed by atoms with Gasteiger partial charge in [0.2, 0.25) is 11.6 Å². The molecule has 1 aliphatic carbocycles. The molecule has 11 nitrogen and oxygen atoms in total. The smallest absolute Gasteiger partial charge is 0.550 e. The second-order valence-electron chi connectivity index (χ2n) is 23.1. The summed E-state index contributed by atoms with van der Waals surface area (Å²) < 4.78 is 0. The molecule has 0 aromatic rings. The average molecular weight is 1110 g/mol. The third-order valence-corrected chi connectivity index (χ3v) is 15.4. The predicted molar refractivity (Wildman–Crippen MR) is 319 cm³/mol. The Hall–Kier alpha value is -2.84. The first-order valence-corrected chi connectivity index (χ1v) is 33.0. The van der Waals surface area contributed by atoms with Crippen molar-refractivity contribution >= 4 is 46.8 Å². The summed E-state index contributed by atoms with van der Waals surface area (Å²) >= 11 is 0. The Kier molecular flexibility index (Phi) is 52.7. The molecule has 3 aliphatic heterocycles. The molecule has 4 aliphatic rings. The predicted octanol–water partition coefficient (Wildman–Crippen LogP) is 13.8. The van der Waals surface area contributed by atoms with E-state index in [1.807, 2.05) is 14.7 Å². The van der Waals surface area contributed by atoms with Crippen LogP contribution >= 0.6 is 0 Å². The summed E-state index contributed by atoms with van der Waals surface area (Å²) in [6.45, 7) is 12.2. The first-order chi connectivity index (χ1) is 37.6. The number of hydrogen-bond acceptors (Lipinski definition) is 11. The third-order valence-electron chi connectivity index (χ3n) is 15.4. The fourth-order valence-corrected chi connectivity index (χ4v) is 10.2. The first-order valence-electron chi connectivity index (χ1n) is 33.0. The molecule has 12 heteroatoms. The minimum absolute atomic E-state index is 0. The van der Waals surface area contributed by atoms with Gasteiger partial charge in [-0.15, -0.1) is 0 Å². The van der Waals surface area contributed by atoms with Crippen molar-refractivity contribution in [3.8, 4) is 0 Å². The van der Waals surface area contributed by atoms with Crippen molar-refractivity contribution in [3.05, 3.63) is 23.2 Å². The molecule has 0 spiro atoms. The summed E-state index contributed by atoms with van der Waals surface area (Å²) in [5, 5.41) is 30.7. The second-order valence-corrected chi connectivity index (χ2v) is 23.1. The van der Waals surface area contributed by atoms with Crippen LogP contribution in [0.1, 0.15) is 329 Å². The minimum atomic E-state index is -0.903. The Bertz CT molecular complexity index is 1440. The van der Waals surface area contributed by atoms with Crippen LogP contribution in [0.2, 0.25) is 0 Å². The normalized spacial score (nSPS) is 14.1. The molecule has 448 valence electrons. The van der Waals surface area contributed by atoms with Gasteiger partial charge < -0.3 is 44.4 Å². The molecule has 0 aromatic heterocycles. The van der Waals surface area contributed by atoms with Crippen LogP contribution in [0.5, 0.6) is 0 Å². The zero-order valence-electron chi connectivity index (χ0n) is 50.9. The number of allylic oxidation sites excluding steroid dienone is 1. The summed E-state index contributed by atoms with van der Waals surface area (Å²) in [6.07, 6.45) is 61.1. The van der Waals surface area contributed by atoms with E-state index in [4.69, 9.17) is 0 Å². The summed E-state index contributed by atoms with van der Waals surface area (Å²) in [5.41, 5.74) is 1.89. The number of Topliss-reactive ketones (excluding diaryl/α,β-unsaturated/α-hetero) is 1. The maximum absolute atomic E-state index is 12.4. The van der Waals surface area contributed by atoms with Crippen molar-refractivity contribution in [2.45, 2.75) is 329 Å². The van der Waals surface area contributed by atoms with Crippen LogP contribution < -0.4 is 15.3 Å².